The zero-order valence-corrected chi connectivity index (χ0v) is 68.7. The van der Waals surface area contributed by atoms with E-state index in [0.29, 0.717) is 35.6 Å². The number of rotatable bonds is 42. The minimum atomic E-state index is -5.08. The van der Waals surface area contributed by atoms with Crippen LogP contribution >= 0.6 is 23.5 Å². The summed E-state index contributed by atoms with van der Waals surface area (Å²) in [5.41, 5.74) is 25.9. The second kappa shape index (κ2) is 49.4. The molecular weight excluding hydrogens is 1680 g/mol. The van der Waals surface area contributed by atoms with Crippen LogP contribution in [0.4, 0.5) is 43.9 Å². The van der Waals surface area contributed by atoms with Crippen LogP contribution in [0.1, 0.15) is 128 Å². The molecule has 8 atom stereocenters. The van der Waals surface area contributed by atoms with Crippen LogP contribution in [-0.4, -0.2) is 229 Å². The first-order chi connectivity index (χ1) is 56.7. The van der Waals surface area contributed by atoms with Crippen molar-refractivity contribution in [2.75, 3.05) is 50.9 Å². The summed E-state index contributed by atoms with van der Waals surface area (Å²) >= 11 is 1.63. The number of hydrogen-bond donors (Lipinski definition) is 14. The molecule has 672 valence electrons. The van der Waals surface area contributed by atoms with Gasteiger partial charge in [0, 0.05) is 116 Å². The van der Waals surface area contributed by atoms with Crippen molar-refractivity contribution in [2.24, 2.45) is 33.8 Å². The van der Waals surface area contributed by atoms with Gasteiger partial charge >= 0.3 is 48.2 Å². The Morgan fingerprint density at radius 1 is 0.467 bits per heavy atom. The van der Waals surface area contributed by atoms with Crippen LogP contribution in [0.2, 0.25) is 0 Å². The first-order valence-electron chi connectivity index (χ1n) is 37.3. The molecule has 6 rings (SSSR count). The summed E-state index contributed by atoms with van der Waals surface area (Å²) in [6.45, 7) is 10.4. The molecule has 4 amide bonds. The molecule has 30 nitrogen and oxygen atoms in total. The average Bonchev–Trinajstić information content (AvgIpc) is 1.61. The maximum atomic E-state index is 15.0. The zero-order chi connectivity index (χ0) is 92.5. The number of nitrogens with two attached hydrogens (primary N) is 4. The van der Waals surface area contributed by atoms with Gasteiger partial charge in [-0.2, -0.15) is 26.3 Å². The first-order valence-corrected chi connectivity index (χ1v) is 39.4. The number of aliphatic hydroxyl groups is 2. The fraction of sp³-hybridized carbons (Fsp3) is 0.450. The van der Waals surface area contributed by atoms with Crippen molar-refractivity contribution < 1.29 is 142 Å². The van der Waals surface area contributed by atoms with Gasteiger partial charge in [-0.1, -0.05) is 102 Å². The Balaban J connectivity index is 0.000000543. The number of carbonyl (C=O) groups is 12. The van der Waals surface area contributed by atoms with Crippen LogP contribution < -0.4 is 33.6 Å². The third-order valence-electron chi connectivity index (χ3n) is 17.8. The number of thioether (sulfide) groups is 2. The number of benzene rings is 4. The molecule has 2 aromatic heterocycles. The number of nitrogens with one attached hydrogen (secondary N) is 2. The lowest BCUT2D eigenvalue weighted by molar-refractivity contribution is -0.193. The third kappa shape index (κ3) is 35.7. The number of aliphatic hydroxyl groups excluding tert-OH is 2. The minimum absolute atomic E-state index is 0.0101. The topological polar surface area (TPSA) is 511 Å². The third-order valence-corrected chi connectivity index (χ3v) is 20.5. The van der Waals surface area contributed by atoms with E-state index in [9.17, 15) is 103 Å². The molecule has 0 aliphatic heterocycles. The van der Waals surface area contributed by atoms with Crippen LogP contribution in [-0.2, 0) is 70.6 Å². The normalized spacial score (nSPS) is 13.5. The first kappa shape index (κ1) is 105. The molecule has 0 saturated carbocycles. The van der Waals surface area contributed by atoms with Crippen LogP contribution in [0, 0.1) is 34.1 Å². The van der Waals surface area contributed by atoms with E-state index in [-0.39, 0.29) is 99.5 Å². The van der Waals surface area contributed by atoms with Crippen molar-refractivity contribution in [1.82, 2.24) is 29.6 Å². The molecule has 42 heteroatoms. The number of ketones is 2. The fourth-order valence-corrected chi connectivity index (χ4v) is 14.1. The van der Waals surface area contributed by atoms with Crippen LogP contribution in [0.15, 0.2) is 122 Å². The van der Waals surface area contributed by atoms with Gasteiger partial charge in [0.25, 0.3) is 0 Å². The number of Topliss-reactive ketones (excluding diaryl/α,β-unsaturated/α-hetero) is 2. The van der Waals surface area contributed by atoms with Gasteiger partial charge in [0.2, 0.25) is 23.6 Å². The summed E-state index contributed by atoms with van der Waals surface area (Å²) < 4.78 is 126. The van der Waals surface area contributed by atoms with Crippen molar-refractivity contribution in [3.8, 4) is 22.3 Å². The van der Waals surface area contributed by atoms with Crippen molar-refractivity contribution >= 4 is 94.5 Å². The number of aromatic nitrogens is 2. The quantitative estimate of drug-likeness (QED) is 0.0126. The number of carboxylic acids is 6. The van der Waals surface area contributed by atoms with E-state index in [0.717, 1.165) is 71.0 Å². The van der Waals surface area contributed by atoms with Gasteiger partial charge in [0.05, 0.1) is 35.8 Å². The van der Waals surface area contributed by atoms with Crippen molar-refractivity contribution in [1.29, 1.82) is 0 Å². The van der Waals surface area contributed by atoms with E-state index >= 15 is 8.78 Å². The van der Waals surface area contributed by atoms with Gasteiger partial charge < -0.3 is 93.4 Å². The molecule has 6 aromatic rings. The molecule has 122 heavy (non-hydrogen) atoms. The number of amides is 4. The fourth-order valence-electron chi connectivity index (χ4n) is 11.9. The summed E-state index contributed by atoms with van der Waals surface area (Å²) in [5.74, 6) is -16.6. The number of carboxylic acid groups (broad SMARTS) is 6. The summed E-state index contributed by atoms with van der Waals surface area (Å²) in [4.78, 5) is 143. The Bertz CT molecular complexity index is 4490. The van der Waals surface area contributed by atoms with Gasteiger partial charge in [-0.3, -0.25) is 47.9 Å². The van der Waals surface area contributed by atoms with Gasteiger partial charge in [0.1, 0.15) is 65.4 Å². The van der Waals surface area contributed by atoms with Gasteiger partial charge in [-0.05, 0) is 96.2 Å². The molecule has 0 aliphatic carbocycles. The molecule has 4 aromatic carbocycles. The molecule has 18 N–H and O–H groups in total. The van der Waals surface area contributed by atoms with E-state index in [1.807, 2.05) is 111 Å². The maximum absolute atomic E-state index is 15.0. The highest BCUT2D eigenvalue weighted by atomic mass is 32.2. The van der Waals surface area contributed by atoms with Crippen LogP contribution in [0.5, 0.6) is 0 Å². The Hall–Kier alpha value is -10.8. The smallest absolute Gasteiger partial charge is 0.481 e. The molecule has 0 fully saturated rings. The maximum Gasteiger partial charge on any atom is 0.490 e. The van der Waals surface area contributed by atoms with Crippen LogP contribution in [0.25, 0.3) is 22.3 Å². The Labute approximate surface area is 702 Å². The van der Waals surface area contributed by atoms with Gasteiger partial charge in [0.15, 0.2) is 0 Å². The molecule has 0 aliphatic rings. The van der Waals surface area contributed by atoms with Gasteiger partial charge in [-0.25, -0.2) is 27.2 Å². The zero-order valence-electron chi connectivity index (χ0n) is 67.1. The highest BCUT2D eigenvalue weighted by molar-refractivity contribution is 8.00. The summed E-state index contributed by atoms with van der Waals surface area (Å²) in [6.07, 6.45) is -7.43. The largest absolute Gasteiger partial charge is 0.490 e. The Morgan fingerprint density at radius 3 is 1.14 bits per heavy atom. The van der Waals surface area contributed by atoms with Crippen molar-refractivity contribution in [2.45, 2.75) is 165 Å². The lowest BCUT2D eigenvalue weighted by Gasteiger charge is -2.41. The molecule has 0 radical (unpaired) electrons. The van der Waals surface area contributed by atoms with Crippen molar-refractivity contribution in [3.05, 3.63) is 167 Å². The molecule has 0 saturated heterocycles. The number of hydrogen-bond acceptors (Lipinski definition) is 20. The second-order valence-electron chi connectivity index (χ2n) is 29.7. The van der Waals surface area contributed by atoms with Gasteiger partial charge in [-0.15, -0.1) is 23.5 Å². The number of halogens is 10. The van der Waals surface area contributed by atoms with E-state index in [2.05, 4.69) is 10.6 Å². The average molecular weight is 1780 g/mol. The summed E-state index contributed by atoms with van der Waals surface area (Å²) in [7, 11) is 0. The predicted octanol–water partition coefficient (Wildman–Crippen LogP) is 8.39. The number of alkyl halides is 6. The number of carbonyl (C=O) groups excluding carboxylic acids is 6. The Morgan fingerprint density at radius 2 is 0.820 bits per heavy atom. The summed E-state index contributed by atoms with van der Waals surface area (Å²) in [6, 6.07) is 22.4. The minimum Gasteiger partial charge on any atom is -0.481 e. The lowest BCUT2D eigenvalue weighted by atomic mass is 9.82. The standard InChI is InChI=1S/2C38H49F2N5O8S.2C2HF3O2/c1-38(2,3)35(30-16-24(26-17-25(39)11-12-27(26)40)20-44(30)19-23-8-5-4-6-9-23)45(33(48)21-46)15-13-28(41)36(51)43-14-7-10-31(47)32(18-34(49)50)54-22-29(42)37(52)53;1-38(2,3)34(31-16-24(27-17-25(39)11-12-28(27)40)20-44(31)19-23-8-5-4-6-9-23)45(33(48)21-46)15-13-29(41)35(49)43-14-7-10-26(47)18-32(37(52)53)54-22-30(42)36(50)51;2*3-2(4,5)1(6)7/h4-6,8-9,11-12,16-17,20,28-29,32,35,46H,7,10,13-15,18-19,21-22,41-42H2,1-3H3,(H,43,51)(H,49,50)(H,52,53);4-6,8-9,11-12,16-17,20,29-30,32,34,46H,7,10,13-15,18-19,21-22,41-42H2,1-3H3,(H,43,49)(H,50,51)(H,52,53);2*(H,6,7)/t28-,29-,32?,35-;29-,30-,32?,34-;;/m00../s1. The highest BCUT2D eigenvalue weighted by Crippen LogP contribution is 2.44. The predicted molar refractivity (Wildman–Crippen MR) is 428 cm³/mol. The molecule has 2 heterocycles. The van der Waals surface area contributed by atoms with E-state index in [1.54, 1.807) is 24.5 Å². The Kier molecular flexibility index (Phi) is 42.7. The van der Waals surface area contributed by atoms with Crippen LogP contribution in [0.3, 0.4) is 0 Å². The van der Waals surface area contributed by atoms with E-state index in [1.165, 1.54) is 9.80 Å². The molecule has 0 spiro atoms. The highest BCUT2D eigenvalue weighted by Gasteiger charge is 2.42. The molecule has 2 unspecified atom stereocenters. The SMILES string of the molecule is CC(C)(C)[C@H](c1cc(-c2cc(F)ccc2F)cn1Cc1ccccc1)N(CC[C@H](N)C(=O)NCCCC(=O)C(CC(=O)O)SC[C@H](N)C(=O)O)C(=O)CO.CC(C)(C)[C@H](c1cc(-c2cc(F)ccc2F)cn1Cc1ccccc1)N(CC[C@H](N)C(=O)NCCCC(=O)CC(SC[C@H](N)C(=O)O)C(=O)O)C(=O)CO.O=C(O)C(F)(F)F.O=C(O)C(F)(F)F. The molecular formula is C80H100F10N10O20S2. The monoisotopic (exact) mass is 1770 g/mol. The lowest BCUT2D eigenvalue weighted by Crippen LogP contribution is -2.47. The second-order valence-corrected chi connectivity index (χ2v) is 32.1. The van der Waals surface area contributed by atoms with E-state index < -0.39 is 178 Å². The molecule has 0 bridgehead atoms. The summed E-state index contributed by atoms with van der Waals surface area (Å²) in [5, 5.41) is 74.0. The number of aliphatic carboxylic acids is 6. The van der Waals surface area contributed by atoms with E-state index in [4.69, 9.17) is 52.9 Å². The van der Waals surface area contributed by atoms with Crippen molar-refractivity contribution in [3.63, 3.8) is 0 Å². The number of nitrogens with zero attached hydrogens (tertiary/aromatic N) is 4.